The molecule has 0 N–H and O–H groups in total. The van der Waals surface area contributed by atoms with E-state index in [1.807, 2.05) is 17.0 Å². The van der Waals surface area contributed by atoms with E-state index in [0.717, 1.165) is 64.5 Å². The van der Waals surface area contributed by atoms with Crippen molar-refractivity contribution in [1.29, 1.82) is 0 Å². The second-order valence-electron chi connectivity index (χ2n) is 7.76. The number of carbonyl (C=O) groups is 1. The van der Waals surface area contributed by atoms with Crippen LogP contribution in [0.3, 0.4) is 0 Å². The Bertz CT molecular complexity index is 656. The van der Waals surface area contributed by atoms with Gasteiger partial charge in [-0.3, -0.25) is 9.69 Å². The molecule has 0 aliphatic carbocycles. The highest BCUT2D eigenvalue weighted by Gasteiger charge is 2.51. The van der Waals surface area contributed by atoms with Crippen LogP contribution < -0.4 is 4.74 Å². The zero-order valence-electron chi connectivity index (χ0n) is 15.5. The molecule has 5 heteroatoms. The van der Waals surface area contributed by atoms with Crippen LogP contribution in [0.25, 0.3) is 0 Å². The van der Waals surface area contributed by atoms with Crippen LogP contribution in [-0.4, -0.2) is 62.2 Å². The van der Waals surface area contributed by atoms with Crippen molar-refractivity contribution >= 4 is 5.91 Å². The SMILES string of the molecule is COc1ccc(CN2CC(C(=O)N3CC=CC3)C3(CCOCC3)C2)cc1. The monoisotopic (exact) mass is 356 g/mol. The summed E-state index contributed by atoms with van der Waals surface area (Å²) in [6, 6.07) is 8.26. The predicted molar refractivity (Wildman–Crippen MR) is 100.0 cm³/mol. The Hall–Kier alpha value is -1.85. The van der Waals surface area contributed by atoms with Crippen molar-refractivity contribution in [2.75, 3.05) is 46.5 Å². The van der Waals surface area contributed by atoms with Gasteiger partial charge in [0, 0.05) is 51.4 Å². The maximum Gasteiger partial charge on any atom is 0.228 e. The Kier molecular flexibility index (Phi) is 5.00. The minimum atomic E-state index is 0.0738. The Balaban J connectivity index is 1.49. The van der Waals surface area contributed by atoms with Gasteiger partial charge in [-0.1, -0.05) is 24.3 Å². The topological polar surface area (TPSA) is 42.0 Å². The van der Waals surface area contributed by atoms with Crippen molar-refractivity contribution in [3.63, 3.8) is 0 Å². The van der Waals surface area contributed by atoms with Gasteiger partial charge in [-0.15, -0.1) is 0 Å². The maximum absolute atomic E-state index is 13.2. The molecule has 2 saturated heterocycles. The Morgan fingerprint density at radius 3 is 2.54 bits per heavy atom. The molecule has 0 bridgehead atoms. The molecule has 5 nitrogen and oxygen atoms in total. The molecule has 2 fully saturated rings. The number of amides is 1. The fraction of sp³-hybridized carbons (Fsp3) is 0.571. The third-order valence-electron chi connectivity index (χ3n) is 6.20. The molecule has 3 aliphatic heterocycles. The smallest absolute Gasteiger partial charge is 0.228 e. The highest BCUT2D eigenvalue weighted by molar-refractivity contribution is 5.81. The zero-order chi connectivity index (χ0) is 18.0. The standard InChI is InChI=1S/C21H28N2O3/c1-25-18-6-4-17(5-7-18)14-22-15-19(20(24)23-10-2-3-11-23)21(16-22)8-12-26-13-9-21/h2-7,19H,8-16H2,1H3. The lowest BCUT2D eigenvalue weighted by atomic mass is 9.71. The number of hydrogen-bond donors (Lipinski definition) is 0. The van der Waals surface area contributed by atoms with Gasteiger partial charge in [0.25, 0.3) is 0 Å². The van der Waals surface area contributed by atoms with Crippen LogP contribution >= 0.6 is 0 Å². The van der Waals surface area contributed by atoms with E-state index >= 15 is 0 Å². The predicted octanol–water partition coefficient (Wildman–Crippen LogP) is 2.32. The maximum atomic E-state index is 13.2. The van der Waals surface area contributed by atoms with Crippen molar-refractivity contribution in [2.45, 2.75) is 19.4 Å². The van der Waals surface area contributed by atoms with Crippen LogP contribution in [0.15, 0.2) is 36.4 Å². The van der Waals surface area contributed by atoms with E-state index in [4.69, 9.17) is 9.47 Å². The van der Waals surface area contributed by atoms with E-state index < -0.39 is 0 Å². The highest BCUT2D eigenvalue weighted by atomic mass is 16.5. The number of likely N-dealkylation sites (tertiary alicyclic amines) is 1. The van der Waals surface area contributed by atoms with Crippen LogP contribution in [-0.2, 0) is 16.1 Å². The van der Waals surface area contributed by atoms with Gasteiger partial charge in [-0.25, -0.2) is 0 Å². The van der Waals surface area contributed by atoms with Gasteiger partial charge in [-0.05, 0) is 30.5 Å². The summed E-state index contributed by atoms with van der Waals surface area (Å²) in [5.41, 5.74) is 1.34. The summed E-state index contributed by atoms with van der Waals surface area (Å²) >= 11 is 0. The summed E-state index contributed by atoms with van der Waals surface area (Å²) in [6.07, 6.45) is 6.17. The second kappa shape index (κ2) is 7.41. The van der Waals surface area contributed by atoms with Crippen molar-refractivity contribution in [2.24, 2.45) is 11.3 Å². The lowest BCUT2D eigenvalue weighted by Gasteiger charge is -2.38. The quantitative estimate of drug-likeness (QED) is 0.777. The zero-order valence-corrected chi connectivity index (χ0v) is 15.5. The Morgan fingerprint density at radius 2 is 1.88 bits per heavy atom. The number of benzene rings is 1. The number of carbonyl (C=O) groups excluding carboxylic acids is 1. The molecular formula is C21H28N2O3. The lowest BCUT2D eigenvalue weighted by molar-refractivity contribution is -0.139. The van der Waals surface area contributed by atoms with E-state index in [1.165, 1.54) is 5.56 Å². The summed E-state index contributed by atoms with van der Waals surface area (Å²) in [4.78, 5) is 17.7. The fourth-order valence-corrected chi connectivity index (χ4v) is 4.68. The first-order valence-corrected chi connectivity index (χ1v) is 9.57. The normalized spacial score (nSPS) is 25.1. The Labute approximate surface area is 155 Å². The van der Waals surface area contributed by atoms with Gasteiger partial charge < -0.3 is 14.4 Å². The first kappa shape index (κ1) is 17.6. The second-order valence-corrected chi connectivity index (χ2v) is 7.76. The molecule has 1 atom stereocenters. The molecule has 1 spiro atoms. The van der Waals surface area contributed by atoms with Gasteiger partial charge in [0.2, 0.25) is 5.91 Å². The molecule has 1 unspecified atom stereocenters. The molecule has 4 rings (SSSR count). The van der Waals surface area contributed by atoms with Crippen LogP contribution in [0.1, 0.15) is 18.4 Å². The summed E-state index contributed by atoms with van der Waals surface area (Å²) in [5, 5.41) is 0. The van der Waals surface area contributed by atoms with Crippen LogP contribution in [0.2, 0.25) is 0 Å². The molecule has 140 valence electrons. The van der Waals surface area contributed by atoms with E-state index in [0.29, 0.717) is 5.91 Å². The molecule has 1 aromatic rings. The van der Waals surface area contributed by atoms with E-state index in [2.05, 4.69) is 29.2 Å². The molecule has 0 radical (unpaired) electrons. The lowest BCUT2D eigenvalue weighted by Crippen LogP contribution is -2.45. The molecule has 0 aromatic heterocycles. The molecular weight excluding hydrogens is 328 g/mol. The third-order valence-corrected chi connectivity index (χ3v) is 6.20. The molecule has 3 aliphatic rings. The number of rotatable bonds is 4. The summed E-state index contributed by atoms with van der Waals surface area (Å²) < 4.78 is 10.9. The van der Waals surface area contributed by atoms with Gasteiger partial charge in [-0.2, -0.15) is 0 Å². The number of ether oxygens (including phenoxy) is 2. The molecule has 26 heavy (non-hydrogen) atoms. The fourth-order valence-electron chi connectivity index (χ4n) is 4.68. The van der Waals surface area contributed by atoms with Crippen molar-refractivity contribution in [1.82, 2.24) is 9.80 Å². The molecule has 1 aromatic carbocycles. The van der Waals surface area contributed by atoms with E-state index in [-0.39, 0.29) is 11.3 Å². The van der Waals surface area contributed by atoms with Gasteiger partial charge in [0.1, 0.15) is 5.75 Å². The van der Waals surface area contributed by atoms with Crippen LogP contribution in [0.4, 0.5) is 0 Å². The largest absolute Gasteiger partial charge is 0.497 e. The van der Waals surface area contributed by atoms with Crippen molar-refractivity contribution < 1.29 is 14.3 Å². The van der Waals surface area contributed by atoms with Crippen LogP contribution in [0.5, 0.6) is 5.75 Å². The average Bonchev–Trinajstić information content (AvgIpc) is 3.31. The Morgan fingerprint density at radius 1 is 1.19 bits per heavy atom. The van der Waals surface area contributed by atoms with Crippen molar-refractivity contribution in [3.8, 4) is 5.75 Å². The highest BCUT2D eigenvalue weighted by Crippen LogP contribution is 2.45. The summed E-state index contributed by atoms with van der Waals surface area (Å²) in [5.74, 6) is 1.30. The number of hydrogen-bond acceptors (Lipinski definition) is 4. The summed E-state index contributed by atoms with van der Waals surface area (Å²) in [6.45, 7) is 5.80. The minimum absolute atomic E-state index is 0.0738. The first-order chi connectivity index (χ1) is 12.7. The molecule has 0 saturated carbocycles. The average molecular weight is 356 g/mol. The summed E-state index contributed by atoms with van der Waals surface area (Å²) in [7, 11) is 1.69. The molecule has 3 heterocycles. The van der Waals surface area contributed by atoms with Gasteiger partial charge in [0.05, 0.1) is 13.0 Å². The van der Waals surface area contributed by atoms with Crippen LogP contribution in [0, 0.1) is 11.3 Å². The number of nitrogens with zero attached hydrogens (tertiary/aromatic N) is 2. The van der Waals surface area contributed by atoms with E-state index in [1.54, 1.807) is 7.11 Å². The third kappa shape index (κ3) is 3.38. The minimum Gasteiger partial charge on any atom is -0.497 e. The van der Waals surface area contributed by atoms with Gasteiger partial charge >= 0.3 is 0 Å². The van der Waals surface area contributed by atoms with Gasteiger partial charge in [0.15, 0.2) is 0 Å². The van der Waals surface area contributed by atoms with Crippen molar-refractivity contribution in [3.05, 3.63) is 42.0 Å². The first-order valence-electron chi connectivity index (χ1n) is 9.57. The molecule has 1 amide bonds. The van der Waals surface area contributed by atoms with E-state index in [9.17, 15) is 4.79 Å². The number of methoxy groups -OCH3 is 1.